The topological polar surface area (TPSA) is 32.3 Å². The van der Waals surface area contributed by atoms with E-state index < -0.39 is 5.60 Å². The second-order valence-corrected chi connectivity index (χ2v) is 6.69. The van der Waals surface area contributed by atoms with Crippen LogP contribution in [0.2, 0.25) is 0 Å². The molecule has 0 saturated heterocycles. The highest BCUT2D eigenvalue weighted by molar-refractivity contribution is 5.54. The summed E-state index contributed by atoms with van der Waals surface area (Å²) in [5, 5.41) is 14.6. The number of rotatable bonds is 1. The minimum absolute atomic E-state index is 0.220. The van der Waals surface area contributed by atoms with Gasteiger partial charge in [-0.15, -0.1) is 0 Å². The van der Waals surface area contributed by atoms with Crippen LogP contribution in [0.5, 0.6) is 0 Å². The van der Waals surface area contributed by atoms with E-state index in [1.54, 1.807) is 0 Å². The molecule has 1 aliphatic carbocycles. The number of aliphatic hydroxyl groups is 1. The monoisotopic (exact) mass is 259 g/mol. The highest BCUT2D eigenvalue weighted by Gasteiger charge is 2.43. The van der Waals surface area contributed by atoms with Crippen molar-refractivity contribution in [1.82, 2.24) is 0 Å². The van der Waals surface area contributed by atoms with E-state index in [9.17, 15) is 5.11 Å². The Bertz CT molecular complexity index is 458. The Kier molecular flexibility index (Phi) is 3.30. The maximum atomic E-state index is 11.0. The van der Waals surface area contributed by atoms with Crippen molar-refractivity contribution in [1.29, 1.82) is 0 Å². The van der Waals surface area contributed by atoms with E-state index >= 15 is 0 Å². The van der Waals surface area contributed by atoms with Crippen molar-refractivity contribution >= 4 is 5.69 Å². The molecule has 1 fully saturated rings. The second kappa shape index (κ2) is 4.82. The zero-order valence-electron chi connectivity index (χ0n) is 12.0. The standard InChI is InChI=1S/C17H25NO/c1-12-9-10-17(19,11-13(12)2)16-8-7-14-5-3-4-6-15(14)18-16/h3-6,12-13,16,18-19H,7-11H2,1-2H3. The number of benzene rings is 1. The van der Waals surface area contributed by atoms with Crippen LogP contribution in [0.25, 0.3) is 0 Å². The summed E-state index contributed by atoms with van der Waals surface area (Å²) in [6.07, 6.45) is 5.17. The van der Waals surface area contributed by atoms with Crippen LogP contribution < -0.4 is 5.32 Å². The zero-order chi connectivity index (χ0) is 13.5. The molecule has 1 heterocycles. The van der Waals surface area contributed by atoms with E-state index in [0.717, 1.165) is 38.0 Å². The maximum absolute atomic E-state index is 11.0. The predicted molar refractivity (Wildman–Crippen MR) is 79.3 cm³/mol. The van der Waals surface area contributed by atoms with Gasteiger partial charge in [0.2, 0.25) is 0 Å². The van der Waals surface area contributed by atoms with Crippen molar-refractivity contribution in [3.63, 3.8) is 0 Å². The molecule has 2 heteroatoms. The summed E-state index contributed by atoms with van der Waals surface area (Å²) >= 11 is 0. The minimum Gasteiger partial charge on any atom is -0.388 e. The zero-order valence-corrected chi connectivity index (χ0v) is 12.0. The van der Waals surface area contributed by atoms with Gasteiger partial charge in [-0.2, -0.15) is 0 Å². The molecule has 3 rings (SSSR count). The molecule has 0 radical (unpaired) electrons. The molecule has 1 aromatic carbocycles. The van der Waals surface area contributed by atoms with Crippen molar-refractivity contribution in [2.45, 2.75) is 57.6 Å². The van der Waals surface area contributed by atoms with Gasteiger partial charge < -0.3 is 10.4 Å². The Balaban J connectivity index is 1.77. The lowest BCUT2D eigenvalue weighted by molar-refractivity contribution is -0.0455. The summed E-state index contributed by atoms with van der Waals surface area (Å²) in [5.41, 5.74) is 2.09. The average Bonchev–Trinajstić information content (AvgIpc) is 2.43. The van der Waals surface area contributed by atoms with Gasteiger partial charge in [-0.25, -0.2) is 0 Å². The number of hydrogen-bond acceptors (Lipinski definition) is 2. The highest BCUT2D eigenvalue weighted by Crippen LogP contribution is 2.41. The van der Waals surface area contributed by atoms with Crippen LogP contribution in [-0.4, -0.2) is 16.7 Å². The molecule has 0 spiro atoms. The Morgan fingerprint density at radius 1 is 1.16 bits per heavy atom. The van der Waals surface area contributed by atoms with E-state index in [4.69, 9.17) is 0 Å². The summed E-state index contributed by atoms with van der Waals surface area (Å²) in [4.78, 5) is 0. The van der Waals surface area contributed by atoms with Crippen LogP contribution in [0.4, 0.5) is 5.69 Å². The molecule has 2 N–H and O–H groups in total. The smallest absolute Gasteiger partial charge is 0.0850 e. The first-order chi connectivity index (χ1) is 9.08. The number of anilines is 1. The fourth-order valence-corrected chi connectivity index (χ4v) is 3.78. The number of para-hydroxylation sites is 1. The molecule has 104 valence electrons. The third-order valence-corrected chi connectivity index (χ3v) is 5.38. The fourth-order valence-electron chi connectivity index (χ4n) is 3.78. The van der Waals surface area contributed by atoms with Gasteiger partial charge in [0.1, 0.15) is 0 Å². The SMILES string of the molecule is CC1CCC(O)(C2CCc3ccccc3N2)CC1C. The maximum Gasteiger partial charge on any atom is 0.0850 e. The average molecular weight is 259 g/mol. The molecule has 4 atom stereocenters. The van der Waals surface area contributed by atoms with Gasteiger partial charge in [0, 0.05) is 5.69 Å². The molecule has 0 amide bonds. The fraction of sp³-hybridized carbons (Fsp3) is 0.647. The van der Waals surface area contributed by atoms with Gasteiger partial charge in [-0.05, 0) is 55.6 Å². The highest BCUT2D eigenvalue weighted by atomic mass is 16.3. The van der Waals surface area contributed by atoms with Crippen molar-refractivity contribution < 1.29 is 5.11 Å². The Hall–Kier alpha value is -1.02. The Morgan fingerprint density at radius 3 is 2.74 bits per heavy atom. The quantitative estimate of drug-likeness (QED) is 0.807. The first kappa shape index (κ1) is 13.0. The lowest BCUT2D eigenvalue weighted by Gasteiger charge is -2.46. The van der Waals surface area contributed by atoms with Crippen molar-refractivity contribution in [2.24, 2.45) is 11.8 Å². The molecule has 0 bridgehead atoms. The number of aryl methyl sites for hydroxylation is 1. The number of hydrogen-bond donors (Lipinski definition) is 2. The molecule has 2 nitrogen and oxygen atoms in total. The minimum atomic E-state index is -0.514. The summed E-state index contributed by atoms with van der Waals surface area (Å²) in [6.45, 7) is 4.60. The largest absolute Gasteiger partial charge is 0.388 e. The van der Waals surface area contributed by atoms with Crippen molar-refractivity contribution in [3.8, 4) is 0 Å². The molecular formula is C17H25NO. The number of fused-ring (bicyclic) bond motifs is 1. The molecule has 4 unspecified atom stereocenters. The van der Waals surface area contributed by atoms with Crippen LogP contribution in [-0.2, 0) is 6.42 Å². The summed E-state index contributed by atoms with van der Waals surface area (Å²) in [6, 6.07) is 8.72. The number of nitrogens with one attached hydrogen (secondary N) is 1. The Morgan fingerprint density at radius 2 is 1.95 bits per heavy atom. The lowest BCUT2D eigenvalue weighted by Crippen LogP contribution is -2.52. The van der Waals surface area contributed by atoms with Gasteiger partial charge in [0.15, 0.2) is 0 Å². The van der Waals surface area contributed by atoms with E-state index in [0.29, 0.717) is 5.92 Å². The summed E-state index contributed by atoms with van der Waals surface area (Å²) < 4.78 is 0. The van der Waals surface area contributed by atoms with Crippen LogP contribution in [0.15, 0.2) is 24.3 Å². The van der Waals surface area contributed by atoms with Crippen molar-refractivity contribution in [3.05, 3.63) is 29.8 Å². The Labute approximate surface area is 116 Å². The van der Waals surface area contributed by atoms with Crippen LogP contribution in [0.3, 0.4) is 0 Å². The molecule has 0 aromatic heterocycles. The van der Waals surface area contributed by atoms with E-state index in [1.165, 1.54) is 11.3 Å². The van der Waals surface area contributed by atoms with Gasteiger partial charge in [0.05, 0.1) is 11.6 Å². The van der Waals surface area contributed by atoms with Gasteiger partial charge in [-0.1, -0.05) is 32.0 Å². The van der Waals surface area contributed by atoms with Gasteiger partial charge in [-0.3, -0.25) is 0 Å². The van der Waals surface area contributed by atoms with Crippen molar-refractivity contribution in [2.75, 3.05) is 5.32 Å². The molecule has 19 heavy (non-hydrogen) atoms. The molecule has 2 aliphatic rings. The summed E-state index contributed by atoms with van der Waals surface area (Å²) in [5.74, 6) is 1.37. The normalized spacial score (nSPS) is 38.4. The van der Waals surface area contributed by atoms with Gasteiger partial charge >= 0.3 is 0 Å². The molecule has 1 aromatic rings. The van der Waals surface area contributed by atoms with E-state index in [2.05, 4.69) is 43.4 Å². The molecule has 1 aliphatic heterocycles. The van der Waals surface area contributed by atoms with E-state index in [-0.39, 0.29) is 6.04 Å². The van der Waals surface area contributed by atoms with Crippen LogP contribution in [0.1, 0.15) is 45.1 Å². The predicted octanol–water partition coefficient (Wildman–Crippen LogP) is 3.60. The third-order valence-electron chi connectivity index (χ3n) is 5.38. The molecule has 1 saturated carbocycles. The van der Waals surface area contributed by atoms with Crippen LogP contribution >= 0.6 is 0 Å². The summed E-state index contributed by atoms with van der Waals surface area (Å²) in [7, 11) is 0. The first-order valence-corrected chi connectivity index (χ1v) is 7.65. The lowest BCUT2D eigenvalue weighted by atomic mass is 9.68. The first-order valence-electron chi connectivity index (χ1n) is 7.65. The van der Waals surface area contributed by atoms with E-state index in [1.807, 2.05) is 0 Å². The second-order valence-electron chi connectivity index (χ2n) is 6.69. The van der Waals surface area contributed by atoms with Gasteiger partial charge in [0.25, 0.3) is 0 Å². The molecular weight excluding hydrogens is 234 g/mol. The third kappa shape index (κ3) is 2.38. The van der Waals surface area contributed by atoms with Crippen LogP contribution in [0, 0.1) is 11.8 Å².